The van der Waals surface area contributed by atoms with Gasteiger partial charge in [-0.15, -0.1) is 0 Å². The molecular formula is C10H12F2. The van der Waals surface area contributed by atoms with Gasteiger partial charge in [-0.3, -0.25) is 0 Å². The van der Waals surface area contributed by atoms with Gasteiger partial charge in [0, 0.05) is 6.42 Å². The zero-order valence-electron chi connectivity index (χ0n) is 7.27. The highest BCUT2D eigenvalue weighted by molar-refractivity contribution is 5.22. The maximum atomic E-state index is 12.5. The molecule has 0 aromatic heterocycles. The van der Waals surface area contributed by atoms with Crippen molar-refractivity contribution < 1.29 is 8.78 Å². The second-order valence-electron chi connectivity index (χ2n) is 3.23. The lowest BCUT2D eigenvalue weighted by molar-refractivity contribution is 0.0226. The van der Waals surface area contributed by atoms with Gasteiger partial charge in [-0.05, 0) is 19.4 Å². The van der Waals surface area contributed by atoms with Crippen LogP contribution in [0.5, 0.6) is 0 Å². The van der Waals surface area contributed by atoms with Crippen molar-refractivity contribution in [3.63, 3.8) is 0 Å². The molecule has 0 fully saturated rings. The first-order valence-electron chi connectivity index (χ1n) is 3.91. The molecule has 12 heavy (non-hydrogen) atoms. The molecule has 0 radical (unpaired) electrons. The molecule has 66 valence electrons. The highest BCUT2D eigenvalue weighted by atomic mass is 19.3. The van der Waals surface area contributed by atoms with Crippen molar-refractivity contribution in [1.29, 1.82) is 0 Å². The molecule has 0 N–H and O–H groups in total. The molecule has 0 nitrogen and oxygen atoms in total. The first-order valence-corrected chi connectivity index (χ1v) is 3.91. The molecule has 0 heterocycles. The summed E-state index contributed by atoms with van der Waals surface area (Å²) < 4.78 is 25.0. The standard InChI is InChI=1S/C10H12F2/c1-8-3-5-9(6-4-8)7-10(2,11)12/h3-6H,7H2,1-2H3. The van der Waals surface area contributed by atoms with Crippen LogP contribution in [-0.4, -0.2) is 5.92 Å². The molecule has 1 aromatic rings. The molecule has 0 spiro atoms. The molecule has 0 saturated carbocycles. The van der Waals surface area contributed by atoms with E-state index in [0.717, 1.165) is 12.5 Å². The van der Waals surface area contributed by atoms with Gasteiger partial charge in [-0.2, -0.15) is 0 Å². The average Bonchev–Trinajstić information content (AvgIpc) is 1.91. The molecule has 0 unspecified atom stereocenters. The van der Waals surface area contributed by atoms with E-state index in [1.54, 1.807) is 12.1 Å². The monoisotopic (exact) mass is 170 g/mol. The van der Waals surface area contributed by atoms with Crippen LogP contribution in [0.2, 0.25) is 0 Å². The van der Waals surface area contributed by atoms with E-state index < -0.39 is 5.92 Å². The minimum atomic E-state index is -2.60. The number of rotatable bonds is 2. The molecule has 0 saturated heterocycles. The van der Waals surface area contributed by atoms with Crippen LogP contribution >= 0.6 is 0 Å². The fourth-order valence-corrected chi connectivity index (χ4v) is 1.06. The van der Waals surface area contributed by atoms with Crippen LogP contribution in [0.1, 0.15) is 18.1 Å². The molecule has 0 aliphatic heterocycles. The van der Waals surface area contributed by atoms with Gasteiger partial charge in [0.15, 0.2) is 0 Å². The van der Waals surface area contributed by atoms with Crippen LogP contribution in [0.15, 0.2) is 24.3 Å². The number of hydrogen-bond donors (Lipinski definition) is 0. The van der Waals surface area contributed by atoms with Crippen LogP contribution in [0.3, 0.4) is 0 Å². The van der Waals surface area contributed by atoms with E-state index in [1.165, 1.54) is 0 Å². The van der Waals surface area contributed by atoms with Gasteiger partial charge in [0.1, 0.15) is 0 Å². The van der Waals surface area contributed by atoms with Crippen molar-refractivity contribution in [1.82, 2.24) is 0 Å². The Kier molecular flexibility index (Phi) is 2.46. The Balaban J connectivity index is 2.71. The predicted molar refractivity (Wildman–Crippen MR) is 45.5 cm³/mol. The molecule has 1 rings (SSSR count). The largest absolute Gasteiger partial charge is 0.249 e. The lowest BCUT2D eigenvalue weighted by Crippen LogP contribution is -2.13. The Morgan fingerprint density at radius 1 is 1.17 bits per heavy atom. The summed E-state index contributed by atoms with van der Waals surface area (Å²) in [6, 6.07) is 7.18. The first kappa shape index (κ1) is 9.17. The Labute approximate surface area is 71.2 Å². The van der Waals surface area contributed by atoms with Gasteiger partial charge in [0.05, 0.1) is 0 Å². The second-order valence-corrected chi connectivity index (χ2v) is 3.23. The van der Waals surface area contributed by atoms with Crippen molar-refractivity contribution >= 4 is 0 Å². The summed E-state index contributed by atoms with van der Waals surface area (Å²) in [7, 11) is 0. The molecule has 2 heteroatoms. The molecule has 0 bridgehead atoms. The topological polar surface area (TPSA) is 0 Å². The third kappa shape index (κ3) is 2.99. The maximum absolute atomic E-state index is 12.5. The molecule has 0 amide bonds. The zero-order chi connectivity index (χ0) is 9.19. The van der Waals surface area contributed by atoms with E-state index in [-0.39, 0.29) is 6.42 Å². The Morgan fingerprint density at radius 3 is 2.08 bits per heavy atom. The van der Waals surface area contributed by atoms with Crippen LogP contribution < -0.4 is 0 Å². The van der Waals surface area contributed by atoms with Crippen molar-refractivity contribution in [2.24, 2.45) is 0 Å². The summed E-state index contributed by atoms with van der Waals surface area (Å²) in [5.41, 5.74) is 1.78. The summed E-state index contributed by atoms with van der Waals surface area (Å²) in [6.07, 6.45) is -0.173. The number of aryl methyl sites for hydroxylation is 1. The van der Waals surface area contributed by atoms with Gasteiger partial charge in [0.2, 0.25) is 5.92 Å². The minimum absolute atomic E-state index is 0.173. The fourth-order valence-electron chi connectivity index (χ4n) is 1.06. The lowest BCUT2D eigenvalue weighted by Gasteiger charge is -2.09. The van der Waals surface area contributed by atoms with Crippen LogP contribution in [0, 0.1) is 6.92 Å². The highest BCUT2D eigenvalue weighted by Crippen LogP contribution is 2.18. The zero-order valence-corrected chi connectivity index (χ0v) is 7.27. The summed E-state index contributed by atoms with van der Waals surface area (Å²) in [4.78, 5) is 0. The van der Waals surface area contributed by atoms with Gasteiger partial charge < -0.3 is 0 Å². The Bertz CT molecular complexity index is 244. The van der Waals surface area contributed by atoms with Gasteiger partial charge >= 0.3 is 0 Å². The van der Waals surface area contributed by atoms with Gasteiger partial charge in [-0.25, -0.2) is 8.78 Å². The highest BCUT2D eigenvalue weighted by Gasteiger charge is 2.20. The fraction of sp³-hybridized carbons (Fsp3) is 0.400. The Hall–Kier alpha value is -0.920. The molecule has 0 aliphatic rings. The van der Waals surface area contributed by atoms with E-state index >= 15 is 0 Å². The third-order valence-electron chi connectivity index (χ3n) is 1.64. The average molecular weight is 170 g/mol. The van der Waals surface area contributed by atoms with Crippen molar-refractivity contribution in [2.75, 3.05) is 0 Å². The van der Waals surface area contributed by atoms with Crippen LogP contribution in [0.25, 0.3) is 0 Å². The lowest BCUT2D eigenvalue weighted by atomic mass is 10.1. The van der Waals surface area contributed by atoms with E-state index in [2.05, 4.69) is 0 Å². The maximum Gasteiger partial charge on any atom is 0.249 e. The summed E-state index contributed by atoms with van der Waals surface area (Å²) in [5, 5.41) is 0. The van der Waals surface area contributed by atoms with Crippen molar-refractivity contribution in [2.45, 2.75) is 26.2 Å². The molecule has 1 aromatic carbocycles. The molecule has 0 atom stereocenters. The predicted octanol–water partition coefficient (Wildman–Crippen LogP) is 3.19. The number of halogens is 2. The van der Waals surface area contributed by atoms with Crippen molar-refractivity contribution in [3.05, 3.63) is 35.4 Å². The number of hydrogen-bond acceptors (Lipinski definition) is 0. The molecular weight excluding hydrogens is 158 g/mol. The SMILES string of the molecule is Cc1ccc(CC(C)(F)F)cc1. The number of benzene rings is 1. The minimum Gasteiger partial charge on any atom is -0.207 e. The smallest absolute Gasteiger partial charge is 0.207 e. The van der Waals surface area contributed by atoms with E-state index in [1.807, 2.05) is 19.1 Å². The first-order chi connectivity index (χ1) is 5.47. The van der Waals surface area contributed by atoms with E-state index in [4.69, 9.17) is 0 Å². The van der Waals surface area contributed by atoms with Gasteiger partial charge in [-0.1, -0.05) is 29.8 Å². The van der Waals surface area contributed by atoms with Crippen LogP contribution in [0.4, 0.5) is 8.78 Å². The van der Waals surface area contributed by atoms with E-state index in [9.17, 15) is 8.78 Å². The normalized spacial score (nSPS) is 11.7. The third-order valence-corrected chi connectivity index (χ3v) is 1.64. The van der Waals surface area contributed by atoms with E-state index in [0.29, 0.717) is 5.56 Å². The molecule has 0 aliphatic carbocycles. The second kappa shape index (κ2) is 3.21. The summed E-state index contributed by atoms with van der Waals surface area (Å²) in [6.45, 7) is 2.88. The van der Waals surface area contributed by atoms with Gasteiger partial charge in [0.25, 0.3) is 0 Å². The van der Waals surface area contributed by atoms with Crippen LogP contribution in [-0.2, 0) is 6.42 Å². The quantitative estimate of drug-likeness (QED) is 0.639. The summed E-state index contributed by atoms with van der Waals surface area (Å²) >= 11 is 0. The Morgan fingerprint density at radius 2 is 1.67 bits per heavy atom. The van der Waals surface area contributed by atoms with Crippen molar-refractivity contribution in [3.8, 4) is 0 Å². The summed E-state index contributed by atoms with van der Waals surface area (Å²) in [5.74, 6) is -2.60. The number of alkyl halides is 2.